The first-order valence-corrected chi connectivity index (χ1v) is 7.59. The summed E-state index contributed by atoms with van der Waals surface area (Å²) in [6.45, 7) is 1.82. The molecule has 112 valence electrons. The second-order valence-corrected chi connectivity index (χ2v) is 5.62. The largest absolute Gasteiger partial charge is 0.317 e. The molecule has 2 N–H and O–H groups in total. The maximum absolute atomic E-state index is 12.1. The first-order chi connectivity index (χ1) is 9.83. The normalized spacial score (nSPS) is 15.2. The highest BCUT2D eigenvalue weighted by molar-refractivity contribution is 7.14. The van der Waals surface area contributed by atoms with Crippen LogP contribution >= 0.6 is 23.7 Å². The van der Waals surface area contributed by atoms with E-state index in [2.05, 4.69) is 20.6 Å². The van der Waals surface area contributed by atoms with E-state index < -0.39 is 0 Å². The molecular formula is C14H17ClN4OS. The Hall–Kier alpha value is -1.50. The second-order valence-electron chi connectivity index (χ2n) is 4.77. The molecule has 21 heavy (non-hydrogen) atoms. The highest BCUT2D eigenvalue weighted by atomic mass is 35.5. The Balaban J connectivity index is 0.00000161. The summed E-state index contributed by atoms with van der Waals surface area (Å²) in [4.78, 5) is 20.8. The number of halogens is 1. The third kappa shape index (κ3) is 4.00. The van der Waals surface area contributed by atoms with Crippen LogP contribution in [0, 0.1) is 5.92 Å². The van der Waals surface area contributed by atoms with Crippen molar-refractivity contribution in [1.29, 1.82) is 0 Å². The van der Waals surface area contributed by atoms with Gasteiger partial charge in [0, 0.05) is 17.5 Å². The number of nitrogens with one attached hydrogen (secondary N) is 2. The van der Waals surface area contributed by atoms with Crippen molar-refractivity contribution in [1.82, 2.24) is 15.3 Å². The fourth-order valence-corrected chi connectivity index (χ4v) is 2.96. The number of pyridine rings is 1. The minimum absolute atomic E-state index is 0. The van der Waals surface area contributed by atoms with Crippen LogP contribution in [0.5, 0.6) is 0 Å². The average Bonchev–Trinajstić information content (AvgIpc) is 2.97. The predicted octanol–water partition coefficient (Wildman–Crippen LogP) is 2.57. The van der Waals surface area contributed by atoms with E-state index in [0.29, 0.717) is 5.13 Å². The molecule has 0 atom stereocenters. The van der Waals surface area contributed by atoms with Gasteiger partial charge in [-0.2, -0.15) is 0 Å². The van der Waals surface area contributed by atoms with Gasteiger partial charge in [0.05, 0.1) is 5.69 Å². The topological polar surface area (TPSA) is 66.9 Å². The van der Waals surface area contributed by atoms with Gasteiger partial charge in [-0.3, -0.25) is 9.78 Å². The highest BCUT2D eigenvalue weighted by Gasteiger charge is 2.21. The number of carbonyl (C=O) groups excluding carboxylic acids is 1. The summed E-state index contributed by atoms with van der Waals surface area (Å²) < 4.78 is 0. The molecular weight excluding hydrogens is 308 g/mol. The molecule has 1 fully saturated rings. The van der Waals surface area contributed by atoms with Crippen LogP contribution in [0.2, 0.25) is 0 Å². The van der Waals surface area contributed by atoms with Gasteiger partial charge in [-0.15, -0.1) is 23.7 Å². The van der Waals surface area contributed by atoms with Crippen molar-refractivity contribution in [3.8, 4) is 11.4 Å². The van der Waals surface area contributed by atoms with E-state index in [0.717, 1.165) is 37.3 Å². The maximum Gasteiger partial charge on any atom is 0.229 e. The molecule has 1 saturated heterocycles. The number of anilines is 1. The van der Waals surface area contributed by atoms with Gasteiger partial charge in [-0.1, -0.05) is 6.07 Å². The summed E-state index contributed by atoms with van der Waals surface area (Å²) in [5, 5.41) is 8.74. The number of rotatable bonds is 3. The standard InChI is InChI=1S/C14H16N4OS.ClH/c19-13(10-4-7-15-8-5-10)18-14-17-12(9-20-14)11-3-1-2-6-16-11;/h1-3,6,9-10,15H,4-5,7-8H2,(H,17,18,19);1H. The van der Waals surface area contributed by atoms with Crippen LogP contribution < -0.4 is 10.6 Å². The Morgan fingerprint density at radius 2 is 2.10 bits per heavy atom. The molecule has 2 aromatic rings. The van der Waals surface area contributed by atoms with Crippen molar-refractivity contribution in [2.75, 3.05) is 18.4 Å². The summed E-state index contributed by atoms with van der Waals surface area (Å²) in [5.41, 5.74) is 1.63. The Labute approximate surface area is 133 Å². The average molecular weight is 325 g/mol. The lowest BCUT2D eigenvalue weighted by molar-refractivity contribution is -0.120. The summed E-state index contributed by atoms with van der Waals surface area (Å²) in [6.07, 6.45) is 3.52. The number of piperidine rings is 1. The van der Waals surface area contributed by atoms with Crippen molar-refractivity contribution in [2.45, 2.75) is 12.8 Å². The molecule has 7 heteroatoms. The number of carbonyl (C=O) groups is 1. The van der Waals surface area contributed by atoms with Crippen LogP contribution in [-0.4, -0.2) is 29.0 Å². The molecule has 0 aromatic carbocycles. The highest BCUT2D eigenvalue weighted by Crippen LogP contribution is 2.24. The maximum atomic E-state index is 12.1. The fraction of sp³-hybridized carbons (Fsp3) is 0.357. The monoisotopic (exact) mass is 324 g/mol. The number of hydrogen-bond acceptors (Lipinski definition) is 5. The van der Waals surface area contributed by atoms with Gasteiger partial charge in [0.1, 0.15) is 5.69 Å². The molecule has 2 aromatic heterocycles. The molecule has 0 radical (unpaired) electrons. The quantitative estimate of drug-likeness (QED) is 0.910. The molecule has 5 nitrogen and oxygen atoms in total. The van der Waals surface area contributed by atoms with Crippen LogP contribution in [0.15, 0.2) is 29.8 Å². The number of hydrogen-bond donors (Lipinski definition) is 2. The van der Waals surface area contributed by atoms with Gasteiger partial charge < -0.3 is 10.6 Å². The fourth-order valence-electron chi connectivity index (χ4n) is 2.25. The van der Waals surface area contributed by atoms with Gasteiger partial charge in [-0.05, 0) is 38.1 Å². The lowest BCUT2D eigenvalue weighted by Gasteiger charge is -2.20. The zero-order valence-electron chi connectivity index (χ0n) is 11.4. The molecule has 1 aliphatic rings. The Morgan fingerprint density at radius 3 is 2.81 bits per heavy atom. The Bertz CT molecular complexity index is 584. The molecule has 1 aliphatic heterocycles. The smallest absolute Gasteiger partial charge is 0.229 e. The van der Waals surface area contributed by atoms with Crippen molar-refractivity contribution in [3.63, 3.8) is 0 Å². The zero-order valence-corrected chi connectivity index (χ0v) is 13.0. The number of aromatic nitrogens is 2. The molecule has 0 bridgehead atoms. The van der Waals surface area contributed by atoms with E-state index in [1.165, 1.54) is 11.3 Å². The van der Waals surface area contributed by atoms with Crippen LogP contribution in [0.1, 0.15) is 12.8 Å². The summed E-state index contributed by atoms with van der Waals surface area (Å²) in [5.74, 6) is 0.173. The van der Waals surface area contributed by atoms with Gasteiger partial charge in [0.15, 0.2) is 5.13 Å². The number of thiazole rings is 1. The molecule has 3 rings (SSSR count). The van der Waals surface area contributed by atoms with Crippen molar-refractivity contribution >= 4 is 34.8 Å². The van der Waals surface area contributed by atoms with Crippen LogP contribution in [-0.2, 0) is 4.79 Å². The van der Waals surface area contributed by atoms with Crippen molar-refractivity contribution in [3.05, 3.63) is 29.8 Å². The lowest BCUT2D eigenvalue weighted by Crippen LogP contribution is -2.34. The van der Waals surface area contributed by atoms with Gasteiger partial charge in [-0.25, -0.2) is 4.98 Å². The van der Waals surface area contributed by atoms with Gasteiger partial charge >= 0.3 is 0 Å². The summed E-state index contributed by atoms with van der Waals surface area (Å²) in [7, 11) is 0. The molecule has 0 unspecified atom stereocenters. The predicted molar refractivity (Wildman–Crippen MR) is 86.8 cm³/mol. The first-order valence-electron chi connectivity index (χ1n) is 6.71. The van der Waals surface area contributed by atoms with Crippen LogP contribution in [0.25, 0.3) is 11.4 Å². The summed E-state index contributed by atoms with van der Waals surface area (Å²) >= 11 is 1.44. The van der Waals surface area contributed by atoms with E-state index >= 15 is 0 Å². The molecule has 3 heterocycles. The van der Waals surface area contributed by atoms with E-state index in [-0.39, 0.29) is 24.2 Å². The number of nitrogens with zero attached hydrogens (tertiary/aromatic N) is 2. The minimum atomic E-state index is 0. The van der Waals surface area contributed by atoms with Gasteiger partial charge in [0.2, 0.25) is 5.91 Å². The molecule has 0 spiro atoms. The molecule has 1 amide bonds. The van der Waals surface area contributed by atoms with Crippen LogP contribution in [0.3, 0.4) is 0 Å². The molecule has 0 saturated carbocycles. The van der Waals surface area contributed by atoms with E-state index in [9.17, 15) is 4.79 Å². The number of amides is 1. The SMILES string of the molecule is Cl.O=C(Nc1nc(-c2ccccn2)cs1)C1CCNCC1. The Kier molecular flexibility index (Phi) is 5.67. The van der Waals surface area contributed by atoms with E-state index in [1.807, 2.05) is 23.6 Å². The second kappa shape index (κ2) is 7.49. The molecule has 0 aliphatic carbocycles. The van der Waals surface area contributed by atoms with E-state index in [4.69, 9.17) is 0 Å². The van der Waals surface area contributed by atoms with Gasteiger partial charge in [0.25, 0.3) is 0 Å². The summed E-state index contributed by atoms with van der Waals surface area (Å²) in [6, 6.07) is 5.71. The third-order valence-electron chi connectivity index (χ3n) is 3.37. The zero-order chi connectivity index (χ0) is 13.8. The Morgan fingerprint density at radius 1 is 1.29 bits per heavy atom. The minimum Gasteiger partial charge on any atom is -0.317 e. The van der Waals surface area contributed by atoms with E-state index in [1.54, 1.807) is 6.20 Å². The van der Waals surface area contributed by atoms with Crippen molar-refractivity contribution in [2.24, 2.45) is 5.92 Å². The first kappa shape index (κ1) is 15.9. The third-order valence-corrected chi connectivity index (χ3v) is 4.13. The van der Waals surface area contributed by atoms with Crippen molar-refractivity contribution < 1.29 is 4.79 Å². The lowest BCUT2D eigenvalue weighted by atomic mass is 9.97. The van der Waals surface area contributed by atoms with Crippen LogP contribution in [0.4, 0.5) is 5.13 Å².